The number of nitrogens with one attached hydrogen (secondary N) is 1. The fraction of sp³-hybridized carbons (Fsp3) is 0.650. The van der Waals surface area contributed by atoms with Crippen molar-refractivity contribution in [3.8, 4) is 0 Å². The average Bonchev–Trinajstić information content (AvgIpc) is 3.11. The van der Waals surface area contributed by atoms with Crippen molar-refractivity contribution >= 4 is 46.7 Å². The zero-order valence-electron chi connectivity index (χ0n) is 19.3. The minimum Gasteiger partial charge on any atom is -0.387 e. The van der Waals surface area contributed by atoms with Gasteiger partial charge in [0.25, 0.3) is 12.0 Å². The molecule has 2 aromatic rings. The van der Waals surface area contributed by atoms with E-state index >= 15 is 0 Å². The summed E-state index contributed by atoms with van der Waals surface area (Å²) < 4.78 is 76.7. The van der Waals surface area contributed by atoms with Crippen LogP contribution in [0.4, 0.5) is 14.7 Å². The van der Waals surface area contributed by atoms with Crippen LogP contribution in [0.3, 0.4) is 0 Å². The van der Waals surface area contributed by atoms with Gasteiger partial charge >= 0.3 is 0 Å². The second-order valence-electron chi connectivity index (χ2n) is 9.32. The molecule has 3 heterocycles. The van der Waals surface area contributed by atoms with Crippen LogP contribution in [0.15, 0.2) is 17.1 Å². The van der Waals surface area contributed by atoms with Gasteiger partial charge in [0.1, 0.15) is 11.2 Å². The summed E-state index contributed by atoms with van der Waals surface area (Å²) in [5, 5.41) is 14.4. The van der Waals surface area contributed by atoms with Gasteiger partial charge in [-0.25, -0.2) is 34.9 Å². The van der Waals surface area contributed by atoms with Gasteiger partial charge < -0.3 is 10.4 Å². The topological polar surface area (TPSA) is 152 Å². The van der Waals surface area contributed by atoms with Gasteiger partial charge in [0.05, 0.1) is 23.6 Å². The number of piperidine rings is 1. The third-order valence-electron chi connectivity index (χ3n) is 6.73. The molecule has 16 heteroatoms. The van der Waals surface area contributed by atoms with Crippen molar-refractivity contribution in [2.45, 2.75) is 56.2 Å². The van der Waals surface area contributed by atoms with Crippen LogP contribution >= 0.6 is 10.7 Å². The maximum absolute atomic E-state index is 13.7. The number of alkyl halides is 2. The summed E-state index contributed by atoms with van der Waals surface area (Å²) in [6.07, 6.45) is 0.743. The van der Waals surface area contributed by atoms with Gasteiger partial charge in [-0.1, -0.05) is 0 Å². The van der Waals surface area contributed by atoms with Crippen molar-refractivity contribution in [1.82, 2.24) is 18.8 Å². The highest BCUT2D eigenvalue weighted by atomic mass is 35.7. The second-order valence-corrected chi connectivity index (χ2v) is 14.1. The van der Waals surface area contributed by atoms with Gasteiger partial charge in [-0.3, -0.25) is 9.36 Å². The van der Waals surface area contributed by atoms with E-state index in [1.807, 2.05) is 0 Å². The predicted octanol–water partition coefficient (Wildman–Crippen LogP) is 1.59. The lowest BCUT2D eigenvalue weighted by Crippen LogP contribution is -2.44. The minimum atomic E-state index is -4.18. The molecule has 2 fully saturated rings. The molecule has 1 aliphatic carbocycles. The number of fused-ring (bicyclic) bond motifs is 1. The molecule has 0 aromatic carbocycles. The number of nitrogens with zero attached hydrogens (tertiary/aromatic N) is 4. The Labute approximate surface area is 211 Å². The van der Waals surface area contributed by atoms with Crippen LogP contribution in [-0.4, -0.2) is 77.5 Å². The van der Waals surface area contributed by atoms with Crippen molar-refractivity contribution < 1.29 is 30.7 Å². The molecular formula is C20H26ClF2N5O6S2. The third kappa shape index (κ3) is 5.64. The van der Waals surface area contributed by atoms with Gasteiger partial charge in [0.2, 0.25) is 25.0 Å². The fourth-order valence-corrected chi connectivity index (χ4v) is 7.42. The summed E-state index contributed by atoms with van der Waals surface area (Å²) in [6, 6.07) is -0.342. The number of sulfonamides is 1. The van der Waals surface area contributed by atoms with E-state index in [1.165, 1.54) is 10.5 Å². The van der Waals surface area contributed by atoms with Crippen LogP contribution < -0.4 is 10.9 Å². The molecule has 2 unspecified atom stereocenters. The lowest BCUT2D eigenvalue weighted by atomic mass is 9.99. The first-order valence-corrected chi connectivity index (χ1v) is 15.6. The zero-order valence-corrected chi connectivity index (χ0v) is 21.7. The van der Waals surface area contributed by atoms with Crippen molar-refractivity contribution in [2.75, 3.05) is 30.4 Å². The van der Waals surface area contributed by atoms with Crippen LogP contribution in [0.25, 0.3) is 11.0 Å². The van der Waals surface area contributed by atoms with E-state index < -0.39 is 54.0 Å². The lowest BCUT2D eigenvalue weighted by molar-refractivity contribution is 0.0297. The Hall–Kier alpha value is -1.94. The molecule has 11 nitrogen and oxygen atoms in total. The highest BCUT2D eigenvalue weighted by Gasteiger charge is 2.46. The van der Waals surface area contributed by atoms with E-state index in [0.29, 0.717) is 32.4 Å². The molecule has 0 bridgehead atoms. The number of halogens is 3. The summed E-state index contributed by atoms with van der Waals surface area (Å²) >= 11 is 0. The molecule has 1 saturated carbocycles. The summed E-state index contributed by atoms with van der Waals surface area (Å²) in [5.41, 5.74) is -3.88. The largest absolute Gasteiger partial charge is 0.387 e. The van der Waals surface area contributed by atoms with E-state index in [4.69, 9.17) is 10.7 Å². The van der Waals surface area contributed by atoms with Gasteiger partial charge in [-0.2, -0.15) is 4.98 Å². The van der Waals surface area contributed by atoms with Crippen molar-refractivity contribution in [1.29, 1.82) is 0 Å². The molecule has 1 saturated heterocycles. The Morgan fingerprint density at radius 3 is 2.50 bits per heavy atom. The SMILES string of the molecule is CS(=O)(=O)N1CCC(Nc2ncc3cc(C(F)F)c(=O)n(C4CCCC4(O)CS(=O)(=O)Cl)c3n2)CC1. The van der Waals surface area contributed by atoms with E-state index in [-0.39, 0.29) is 35.9 Å². The molecule has 4 rings (SSSR count). The predicted molar refractivity (Wildman–Crippen MR) is 129 cm³/mol. The van der Waals surface area contributed by atoms with Gasteiger partial charge in [0.15, 0.2) is 0 Å². The molecule has 0 amide bonds. The van der Waals surface area contributed by atoms with Gasteiger partial charge in [-0.15, -0.1) is 0 Å². The van der Waals surface area contributed by atoms with E-state index in [0.717, 1.165) is 16.9 Å². The number of hydrogen-bond acceptors (Lipinski definition) is 9. The first kappa shape index (κ1) is 27.1. The molecule has 2 aromatic heterocycles. The van der Waals surface area contributed by atoms with Crippen molar-refractivity contribution in [3.63, 3.8) is 0 Å². The Balaban J connectivity index is 1.74. The maximum Gasteiger partial charge on any atom is 0.269 e. The summed E-state index contributed by atoms with van der Waals surface area (Å²) in [6.45, 7) is 0.600. The van der Waals surface area contributed by atoms with Gasteiger partial charge in [-0.05, 0) is 38.2 Å². The fourth-order valence-electron chi connectivity index (χ4n) is 5.04. The van der Waals surface area contributed by atoms with Crippen LogP contribution in [-0.2, 0) is 19.1 Å². The third-order valence-corrected chi connectivity index (χ3v) is 9.21. The molecule has 36 heavy (non-hydrogen) atoms. The number of pyridine rings is 1. The van der Waals surface area contributed by atoms with Crippen molar-refractivity contribution in [3.05, 3.63) is 28.2 Å². The number of aliphatic hydroxyl groups is 1. The Bertz CT molecular complexity index is 1430. The smallest absolute Gasteiger partial charge is 0.269 e. The first-order valence-electron chi connectivity index (χ1n) is 11.2. The maximum atomic E-state index is 13.7. The standard InChI is InChI=1S/C20H26ClF2N5O6S2/c1-35(31,32)27-7-4-13(5-8-27)25-19-24-10-12-9-14(16(22)23)18(29)28(17(12)26-19)15-3-2-6-20(15,30)11-36(21,33)34/h9-10,13,15-16,30H,2-8,11H2,1H3,(H,24,25,26). The summed E-state index contributed by atoms with van der Waals surface area (Å²) in [5.74, 6) is -0.765. The summed E-state index contributed by atoms with van der Waals surface area (Å²) in [4.78, 5) is 21.7. The highest BCUT2D eigenvalue weighted by molar-refractivity contribution is 8.13. The molecule has 2 atom stereocenters. The number of rotatable bonds is 7. The number of anilines is 1. The second kappa shape index (κ2) is 9.74. The first-order chi connectivity index (χ1) is 16.7. The van der Waals surface area contributed by atoms with Gasteiger partial charge in [0, 0.05) is 41.4 Å². The monoisotopic (exact) mass is 569 g/mol. The Morgan fingerprint density at radius 1 is 1.25 bits per heavy atom. The Morgan fingerprint density at radius 2 is 1.92 bits per heavy atom. The minimum absolute atomic E-state index is 0.00551. The Kier molecular flexibility index (Phi) is 7.33. The normalized spacial score (nSPS) is 24.6. The zero-order chi connectivity index (χ0) is 26.5. The average molecular weight is 570 g/mol. The van der Waals surface area contributed by atoms with E-state index in [9.17, 15) is 35.5 Å². The lowest BCUT2D eigenvalue weighted by Gasteiger charge is -2.32. The molecule has 1 aliphatic heterocycles. The molecule has 2 aliphatic rings. The highest BCUT2D eigenvalue weighted by Crippen LogP contribution is 2.41. The molecule has 2 N–H and O–H groups in total. The number of aromatic nitrogens is 3. The number of hydrogen-bond donors (Lipinski definition) is 2. The van der Waals surface area contributed by atoms with E-state index in [1.54, 1.807) is 0 Å². The molecule has 0 radical (unpaired) electrons. The van der Waals surface area contributed by atoms with Crippen LogP contribution in [0.1, 0.15) is 50.1 Å². The molecular weight excluding hydrogens is 544 g/mol. The molecule has 200 valence electrons. The molecule has 0 spiro atoms. The van der Waals surface area contributed by atoms with Crippen LogP contribution in [0.2, 0.25) is 0 Å². The quantitative estimate of drug-likeness (QED) is 0.473. The summed E-state index contributed by atoms with van der Waals surface area (Å²) in [7, 11) is -2.09. The van der Waals surface area contributed by atoms with Crippen molar-refractivity contribution in [2.24, 2.45) is 0 Å². The van der Waals surface area contributed by atoms with E-state index in [2.05, 4.69) is 15.3 Å². The van der Waals surface area contributed by atoms with Crippen LogP contribution in [0, 0.1) is 0 Å². The van der Waals surface area contributed by atoms with Crippen LogP contribution in [0.5, 0.6) is 0 Å².